The number of rotatable bonds is 1. The molecule has 1 unspecified atom stereocenters. The molecule has 1 aliphatic carbocycles. The maximum absolute atomic E-state index is 10.7. The van der Waals surface area contributed by atoms with Crippen LogP contribution >= 0.6 is 9.24 Å². The summed E-state index contributed by atoms with van der Waals surface area (Å²) in [5, 5.41) is 0. The molecule has 3 radical (unpaired) electrons. The first-order valence-corrected chi connectivity index (χ1v) is 3.77. The van der Waals surface area contributed by atoms with E-state index < -0.39 is 0 Å². The van der Waals surface area contributed by atoms with Gasteiger partial charge in [-0.05, 0) is 11.2 Å². The lowest BCUT2D eigenvalue weighted by atomic mass is 10.4. The first-order valence-electron chi connectivity index (χ1n) is 2.69. The van der Waals surface area contributed by atoms with Crippen molar-refractivity contribution in [1.29, 1.82) is 0 Å². The fourth-order valence-electron chi connectivity index (χ4n) is 0.715. The van der Waals surface area contributed by atoms with E-state index in [1.165, 1.54) is 7.11 Å². The molecule has 0 N–H and O–H groups in total. The molecule has 0 aromatic carbocycles. The molecule has 3 atom stereocenters. The second-order valence-electron chi connectivity index (χ2n) is 2.32. The summed E-state index contributed by atoms with van der Waals surface area (Å²) in [7, 11) is 7.39. The predicted molar refractivity (Wildman–Crippen MR) is 38.3 cm³/mol. The Labute approximate surface area is 60.0 Å². The molecule has 0 aromatic rings. The zero-order valence-corrected chi connectivity index (χ0v) is 7.33. The summed E-state index contributed by atoms with van der Waals surface area (Å²) in [6, 6.07) is 0. The minimum Gasteiger partial charge on any atom is -0.469 e. The minimum atomic E-state index is -0.125. The maximum atomic E-state index is 10.7. The maximum Gasteiger partial charge on any atom is 0.309 e. The summed E-state index contributed by atoms with van der Waals surface area (Å²) >= 11 is 0. The molecule has 1 rings (SSSR count). The Kier molecular flexibility index (Phi) is 1.66. The lowest BCUT2D eigenvalue weighted by Crippen LogP contribution is -2.11. The van der Waals surface area contributed by atoms with E-state index in [9.17, 15) is 4.79 Å². The highest BCUT2D eigenvalue weighted by Gasteiger charge is 2.51. The van der Waals surface area contributed by atoms with Gasteiger partial charge in [-0.1, -0.05) is 0 Å². The van der Waals surface area contributed by atoms with Gasteiger partial charge in [-0.2, -0.15) is 0 Å². The number of carbonyl (C=O) groups is 1. The van der Waals surface area contributed by atoms with Gasteiger partial charge in [0.15, 0.2) is 0 Å². The molecule has 1 saturated carbocycles. The van der Waals surface area contributed by atoms with Crippen LogP contribution in [0.1, 0.15) is 6.42 Å². The summed E-state index contributed by atoms with van der Waals surface area (Å²) in [6.07, 6.45) is 0.862. The molecule has 0 amide bonds. The summed E-state index contributed by atoms with van der Waals surface area (Å²) in [5.74, 6) is -0.0795. The van der Waals surface area contributed by atoms with Crippen LogP contribution in [0.2, 0.25) is 0 Å². The third-order valence-electron chi connectivity index (χ3n) is 1.49. The molecule has 0 bridgehead atoms. The van der Waals surface area contributed by atoms with Crippen molar-refractivity contribution in [2.75, 3.05) is 7.11 Å². The van der Waals surface area contributed by atoms with Gasteiger partial charge in [0.2, 0.25) is 0 Å². The summed E-state index contributed by atoms with van der Waals surface area (Å²) in [6.45, 7) is 0. The van der Waals surface area contributed by atoms with Crippen molar-refractivity contribution in [3.63, 3.8) is 0 Å². The smallest absolute Gasteiger partial charge is 0.309 e. The van der Waals surface area contributed by atoms with E-state index in [-0.39, 0.29) is 16.7 Å². The average Bonchev–Trinajstić information content (AvgIpc) is 2.38. The summed E-state index contributed by atoms with van der Waals surface area (Å²) < 4.78 is 4.46. The molecule has 2 nitrogen and oxygen atoms in total. The van der Waals surface area contributed by atoms with Crippen molar-refractivity contribution in [3.05, 3.63) is 0 Å². The Bertz CT molecular complexity index is 146. The lowest BCUT2D eigenvalue weighted by Gasteiger charge is -1.98. The predicted octanol–water partition coefficient (Wildman–Crippen LogP) is -0.0808. The van der Waals surface area contributed by atoms with Crippen LogP contribution in [-0.4, -0.2) is 28.1 Å². The van der Waals surface area contributed by atoms with Crippen molar-refractivity contribution in [1.82, 2.24) is 0 Å². The summed E-state index contributed by atoms with van der Waals surface area (Å²) in [5.41, 5.74) is 0. The Morgan fingerprint density at radius 1 is 2.00 bits per heavy atom. The highest BCUT2D eigenvalue weighted by molar-refractivity contribution is 7.23. The lowest BCUT2D eigenvalue weighted by molar-refractivity contribution is -0.142. The standard InChI is InChI=1S/C5H8O2PSi/c1-7-4(6)3-2-5(3,8)9/h3H,2,8H2,1H3/t3-,5+/m1/s1. The average molecular weight is 159 g/mol. The Hall–Kier alpha value is 0.117. The number of carbonyl (C=O) groups excluding carboxylic acids is 1. The van der Waals surface area contributed by atoms with Crippen LogP contribution in [0.25, 0.3) is 0 Å². The van der Waals surface area contributed by atoms with Gasteiger partial charge in [-0.25, -0.2) is 0 Å². The first kappa shape index (κ1) is 7.23. The molecule has 0 saturated heterocycles. The molecule has 0 aliphatic heterocycles. The van der Waals surface area contributed by atoms with E-state index in [1.54, 1.807) is 0 Å². The van der Waals surface area contributed by atoms with Crippen molar-refractivity contribution >= 4 is 25.5 Å². The molecule has 0 heterocycles. The van der Waals surface area contributed by atoms with Crippen molar-refractivity contribution in [2.45, 2.75) is 11.2 Å². The third-order valence-corrected chi connectivity index (χ3v) is 2.68. The van der Waals surface area contributed by atoms with Gasteiger partial charge in [0, 0.05) is 10.2 Å². The molecule has 9 heavy (non-hydrogen) atoms. The van der Waals surface area contributed by atoms with Crippen LogP contribution in [0, 0.1) is 5.92 Å². The van der Waals surface area contributed by atoms with Crippen LogP contribution in [0.15, 0.2) is 0 Å². The van der Waals surface area contributed by atoms with Gasteiger partial charge in [0.05, 0.1) is 13.0 Å². The van der Waals surface area contributed by atoms with Crippen LogP contribution in [0.5, 0.6) is 0 Å². The van der Waals surface area contributed by atoms with Crippen LogP contribution in [0.3, 0.4) is 0 Å². The Morgan fingerprint density at radius 3 is 2.56 bits per heavy atom. The number of methoxy groups -OCH3 is 1. The zero-order chi connectivity index (χ0) is 7.07. The topological polar surface area (TPSA) is 26.3 Å². The SMILES string of the molecule is COC(=O)[C@H]1C[C@@]1([Si])P. The number of hydrogen-bond donors (Lipinski definition) is 0. The molecular formula is C5H8O2PSi. The van der Waals surface area contributed by atoms with Gasteiger partial charge in [-0.3, -0.25) is 4.79 Å². The molecule has 4 heteroatoms. The number of hydrogen-bond acceptors (Lipinski definition) is 2. The third kappa shape index (κ3) is 1.33. The minimum absolute atomic E-state index is 0.0455. The Morgan fingerprint density at radius 2 is 2.44 bits per heavy atom. The van der Waals surface area contributed by atoms with Crippen LogP contribution in [-0.2, 0) is 9.53 Å². The van der Waals surface area contributed by atoms with Crippen molar-refractivity contribution < 1.29 is 9.53 Å². The monoisotopic (exact) mass is 159 g/mol. The molecule has 1 aliphatic rings. The largest absolute Gasteiger partial charge is 0.469 e. The fraction of sp³-hybridized carbons (Fsp3) is 0.800. The van der Waals surface area contributed by atoms with Crippen molar-refractivity contribution in [3.8, 4) is 0 Å². The zero-order valence-electron chi connectivity index (χ0n) is 5.18. The molecule has 1 fully saturated rings. The molecule has 0 spiro atoms. The van der Waals surface area contributed by atoms with E-state index >= 15 is 0 Å². The van der Waals surface area contributed by atoms with E-state index in [2.05, 4.69) is 24.2 Å². The van der Waals surface area contributed by atoms with Crippen LogP contribution in [0.4, 0.5) is 0 Å². The normalized spacial score (nSPS) is 40.1. The second kappa shape index (κ2) is 2.06. The van der Waals surface area contributed by atoms with Crippen LogP contribution < -0.4 is 0 Å². The van der Waals surface area contributed by atoms with E-state index in [0.29, 0.717) is 0 Å². The molecular weight excluding hydrogens is 151 g/mol. The first-order chi connectivity index (χ1) is 4.08. The fourth-order valence-corrected chi connectivity index (χ4v) is 1.41. The van der Waals surface area contributed by atoms with Crippen molar-refractivity contribution in [2.24, 2.45) is 5.92 Å². The van der Waals surface area contributed by atoms with Gasteiger partial charge in [0.25, 0.3) is 0 Å². The molecule has 49 valence electrons. The quantitative estimate of drug-likeness (QED) is 0.304. The molecule has 0 aromatic heterocycles. The van der Waals surface area contributed by atoms with E-state index in [1.807, 2.05) is 0 Å². The number of ether oxygens (including phenoxy) is 1. The number of esters is 1. The second-order valence-corrected chi connectivity index (χ2v) is 4.86. The van der Waals surface area contributed by atoms with Gasteiger partial charge >= 0.3 is 5.97 Å². The Balaban J connectivity index is 2.42. The highest BCUT2D eigenvalue weighted by atomic mass is 31.0. The van der Waals surface area contributed by atoms with E-state index in [4.69, 9.17) is 0 Å². The summed E-state index contributed by atoms with van der Waals surface area (Å²) in [4.78, 5) is 10.7. The van der Waals surface area contributed by atoms with Gasteiger partial charge < -0.3 is 4.74 Å². The highest BCUT2D eigenvalue weighted by Crippen LogP contribution is 2.48. The van der Waals surface area contributed by atoms with E-state index in [0.717, 1.165) is 6.42 Å². The van der Waals surface area contributed by atoms with Gasteiger partial charge in [0.1, 0.15) is 0 Å². The van der Waals surface area contributed by atoms with Gasteiger partial charge in [-0.15, -0.1) is 9.24 Å².